The number of rotatable bonds is 9. The van der Waals surface area contributed by atoms with E-state index in [1.165, 1.54) is 11.8 Å². The number of carbonyl (C=O) groups excluding carboxylic acids is 1. The number of aryl methyl sites for hydroxylation is 1. The zero-order chi connectivity index (χ0) is 21.5. The molecule has 6 nitrogen and oxygen atoms in total. The van der Waals surface area contributed by atoms with Gasteiger partial charge in [0.2, 0.25) is 5.91 Å². The first-order chi connectivity index (χ1) is 14.4. The minimum atomic E-state index is -0.205. The van der Waals surface area contributed by atoms with E-state index in [1.807, 2.05) is 35.8 Å². The molecule has 0 saturated heterocycles. The fraction of sp³-hybridized carbons (Fsp3) is 0.190. The van der Waals surface area contributed by atoms with Gasteiger partial charge in [0.1, 0.15) is 12.4 Å². The number of benzene rings is 2. The number of thioether (sulfide) groups is 1. The van der Waals surface area contributed by atoms with Crippen molar-refractivity contribution in [1.82, 2.24) is 14.8 Å². The summed E-state index contributed by atoms with van der Waals surface area (Å²) in [5.74, 6) is 1.36. The number of hydrogen-bond acceptors (Lipinski definition) is 5. The number of nitrogens with one attached hydrogen (secondary N) is 1. The van der Waals surface area contributed by atoms with E-state index in [1.54, 1.807) is 24.3 Å². The normalized spacial score (nSPS) is 10.6. The second-order valence-corrected chi connectivity index (χ2v) is 8.21. The number of ether oxygens (including phenoxy) is 1. The van der Waals surface area contributed by atoms with Crippen molar-refractivity contribution >= 4 is 46.6 Å². The fourth-order valence-corrected chi connectivity index (χ4v) is 3.94. The van der Waals surface area contributed by atoms with Crippen LogP contribution in [0, 0.1) is 6.92 Å². The predicted molar refractivity (Wildman–Crippen MR) is 122 cm³/mol. The molecule has 0 saturated carbocycles. The van der Waals surface area contributed by atoms with Crippen molar-refractivity contribution in [1.29, 1.82) is 0 Å². The zero-order valence-electron chi connectivity index (χ0n) is 16.3. The molecule has 2 aromatic carbocycles. The highest BCUT2D eigenvalue weighted by atomic mass is 35.5. The Hall–Kier alpha value is -2.48. The Balaban J connectivity index is 1.62. The van der Waals surface area contributed by atoms with Crippen LogP contribution in [0.5, 0.6) is 5.75 Å². The second-order valence-electron chi connectivity index (χ2n) is 6.40. The van der Waals surface area contributed by atoms with E-state index in [0.717, 1.165) is 11.3 Å². The van der Waals surface area contributed by atoms with Crippen LogP contribution in [0.2, 0.25) is 10.0 Å². The summed E-state index contributed by atoms with van der Waals surface area (Å²) < 4.78 is 7.70. The van der Waals surface area contributed by atoms with Gasteiger partial charge in [-0.3, -0.25) is 9.36 Å². The summed E-state index contributed by atoms with van der Waals surface area (Å²) in [6.07, 6.45) is 1.75. The molecule has 0 atom stereocenters. The van der Waals surface area contributed by atoms with E-state index in [4.69, 9.17) is 27.9 Å². The number of allylic oxidation sites excluding steroid dienone is 1. The Labute approximate surface area is 189 Å². The van der Waals surface area contributed by atoms with Gasteiger partial charge in [0.05, 0.1) is 5.75 Å². The van der Waals surface area contributed by atoms with Crippen molar-refractivity contribution in [3.8, 4) is 5.75 Å². The lowest BCUT2D eigenvalue weighted by molar-refractivity contribution is -0.113. The van der Waals surface area contributed by atoms with Gasteiger partial charge in [-0.05, 0) is 42.8 Å². The summed E-state index contributed by atoms with van der Waals surface area (Å²) in [5.41, 5.74) is 1.65. The minimum Gasteiger partial charge on any atom is -0.486 e. The van der Waals surface area contributed by atoms with Crippen LogP contribution in [-0.4, -0.2) is 26.4 Å². The van der Waals surface area contributed by atoms with Gasteiger partial charge < -0.3 is 10.1 Å². The highest BCUT2D eigenvalue weighted by molar-refractivity contribution is 7.99. The average Bonchev–Trinajstić information content (AvgIpc) is 3.06. The second kappa shape index (κ2) is 10.5. The van der Waals surface area contributed by atoms with Crippen molar-refractivity contribution in [3.05, 3.63) is 76.6 Å². The molecule has 0 aliphatic rings. The maximum Gasteiger partial charge on any atom is 0.234 e. The number of hydrogen-bond donors (Lipinski definition) is 1. The van der Waals surface area contributed by atoms with Crippen LogP contribution >= 0.6 is 35.0 Å². The summed E-state index contributed by atoms with van der Waals surface area (Å²) in [6, 6.07) is 12.7. The number of anilines is 1. The van der Waals surface area contributed by atoms with E-state index in [9.17, 15) is 4.79 Å². The molecule has 1 N–H and O–H groups in total. The minimum absolute atomic E-state index is 0.151. The third-order valence-corrected chi connectivity index (χ3v) is 5.34. The lowest BCUT2D eigenvalue weighted by atomic mass is 10.2. The third-order valence-electron chi connectivity index (χ3n) is 3.94. The molecule has 0 aliphatic heterocycles. The SMILES string of the molecule is C=CCn1c(COc2cccc(C)c2)nnc1SCC(=O)Nc1cc(Cl)cc(Cl)c1. The molecule has 1 aromatic heterocycles. The highest BCUT2D eigenvalue weighted by Crippen LogP contribution is 2.23. The maximum absolute atomic E-state index is 12.3. The molecule has 0 radical (unpaired) electrons. The largest absolute Gasteiger partial charge is 0.486 e. The van der Waals surface area contributed by atoms with Crippen molar-refractivity contribution in [2.24, 2.45) is 0 Å². The van der Waals surface area contributed by atoms with E-state index in [2.05, 4.69) is 22.1 Å². The van der Waals surface area contributed by atoms with Crippen LogP contribution in [0.3, 0.4) is 0 Å². The molecule has 1 heterocycles. The molecule has 9 heteroatoms. The fourth-order valence-electron chi connectivity index (χ4n) is 2.65. The van der Waals surface area contributed by atoms with Gasteiger partial charge in [-0.15, -0.1) is 16.8 Å². The van der Waals surface area contributed by atoms with Gasteiger partial charge in [0.15, 0.2) is 11.0 Å². The maximum atomic E-state index is 12.3. The van der Waals surface area contributed by atoms with Gasteiger partial charge >= 0.3 is 0 Å². The van der Waals surface area contributed by atoms with Crippen LogP contribution in [-0.2, 0) is 17.9 Å². The molecule has 0 bridgehead atoms. The van der Waals surface area contributed by atoms with Crippen LogP contribution in [0.15, 0.2) is 60.3 Å². The van der Waals surface area contributed by atoms with Gasteiger partial charge in [0.25, 0.3) is 0 Å². The first-order valence-electron chi connectivity index (χ1n) is 9.06. The van der Waals surface area contributed by atoms with Crippen molar-refractivity contribution in [2.45, 2.75) is 25.2 Å². The molecule has 1 amide bonds. The van der Waals surface area contributed by atoms with E-state index in [0.29, 0.717) is 33.3 Å². The van der Waals surface area contributed by atoms with Gasteiger partial charge in [-0.25, -0.2) is 0 Å². The number of nitrogens with zero attached hydrogens (tertiary/aromatic N) is 3. The van der Waals surface area contributed by atoms with Crippen LogP contribution < -0.4 is 10.1 Å². The van der Waals surface area contributed by atoms with Crippen LogP contribution in [0.1, 0.15) is 11.4 Å². The van der Waals surface area contributed by atoms with E-state index >= 15 is 0 Å². The first kappa shape index (κ1) is 22.2. The Morgan fingerprint density at radius 1 is 1.23 bits per heavy atom. The number of carbonyl (C=O) groups is 1. The van der Waals surface area contributed by atoms with Crippen LogP contribution in [0.25, 0.3) is 0 Å². The first-order valence-corrected chi connectivity index (χ1v) is 10.8. The monoisotopic (exact) mass is 462 g/mol. The van der Waals surface area contributed by atoms with E-state index < -0.39 is 0 Å². The topological polar surface area (TPSA) is 69.0 Å². The van der Waals surface area contributed by atoms with Gasteiger partial charge in [-0.2, -0.15) is 0 Å². The Bertz CT molecular complexity index is 1030. The molecule has 0 aliphatic carbocycles. The highest BCUT2D eigenvalue weighted by Gasteiger charge is 2.14. The van der Waals surface area contributed by atoms with Gasteiger partial charge in [-0.1, -0.05) is 53.2 Å². The Morgan fingerprint density at radius 2 is 2.00 bits per heavy atom. The van der Waals surface area contributed by atoms with Crippen molar-refractivity contribution < 1.29 is 9.53 Å². The summed E-state index contributed by atoms with van der Waals surface area (Å²) >= 11 is 13.2. The summed E-state index contributed by atoms with van der Waals surface area (Å²) in [6.45, 7) is 6.56. The number of aromatic nitrogens is 3. The molecular formula is C21H20Cl2N4O2S. The molecule has 3 rings (SSSR count). The molecule has 156 valence electrons. The summed E-state index contributed by atoms with van der Waals surface area (Å²) in [7, 11) is 0. The molecule has 0 unspecified atom stereocenters. The molecule has 0 fully saturated rings. The smallest absolute Gasteiger partial charge is 0.234 e. The quantitative estimate of drug-likeness (QED) is 0.341. The molecule has 3 aromatic rings. The average molecular weight is 463 g/mol. The molecule has 30 heavy (non-hydrogen) atoms. The van der Waals surface area contributed by atoms with Crippen molar-refractivity contribution in [2.75, 3.05) is 11.1 Å². The van der Waals surface area contributed by atoms with Gasteiger partial charge in [0, 0.05) is 22.3 Å². The summed E-state index contributed by atoms with van der Waals surface area (Å²) in [4.78, 5) is 12.3. The third kappa shape index (κ3) is 6.26. The number of halogens is 2. The summed E-state index contributed by atoms with van der Waals surface area (Å²) in [5, 5.41) is 12.7. The standard InChI is InChI=1S/C21H20Cl2N4O2S/c1-3-7-27-19(12-29-18-6-4-5-14(2)8-18)25-26-21(27)30-13-20(28)24-17-10-15(22)9-16(23)11-17/h3-6,8-11H,1,7,12-13H2,2H3,(H,24,28). The number of amides is 1. The lowest BCUT2D eigenvalue weighted by Crippen LogP contribution is -2.15. The van der Waals surface area contributed by atoms with Crippen molar-refractivity contribution in [3.63, 3.8) is 0 Å². The van der Waals surface area contributed by atoms with Crippen LogP contribution in [0.4, 0.5) is 5.69 Å². The Morgan fingerprint density at radius 3 is 2.70 bits per heavy atom. The zero-order valence-corrected chi connectivity index (χ0v) is 18.6. The molecule has 0 spiro atoms. The Kier molecular flexibility index (Phi) is 7.79. The lowest BCUT2D eigenvalue weighted by Gasteiger charge is -2.10. The predicted octanol–water partition coefficient (Wildman–Crippen LogP) is 5.39. The van der Waals surface area contributed by atoms with E-state index in [-0.39, 0.29) is 18.3 Å². The molecular weight excluding hydrogens is 443 g/mol.